The molecular formula is C59H39N3. The summed E-state index contributed by atoms with van der Waals surface area (Å²) < 4.78 is 0. The minimum Gasteiger partial charge on any atom is -0.248 e. The molecule has 0 saturated heterocycles. The van der Waals surface area contributed by atoms with Gasteiger partial charge >= 0.3 is 0 Å². The molecule has 11 rings (SSSR count). The minimum absolute atomic E-state index is 0.674. The molecule has 0 aliphatic carbocycles. The molecule has 0 atom stereocenters. The first-order valence-electron chi connectivity index (χ1n) is 21.0. The van der Waals surface area contributed by atoms with E-state index in [1.807, 2.05) is 18.2 Å². The zero-order valence-corrected chi connectivity index (χ0v) is 33.9. The average Bonchev–Trinajstić information content (AvgIpc) is 3.37. The van der Waals surface area contributed by atoms with Crippen LogP contribution >= 0.6 is 0 Å². The van der Waals surface area contributed by atoms with Crippen molar-refractivity contribution in [3.05, 3.63) is 237 Å². The Kier molecular flexibility index (Phi) is 9.53. The largest absolute Gasteiger partial charge is 0.248 e. The summed E-state index contributed by atoms with van der Waals surface area (Å²) in [5, 5.41) is 3.47. The summed E-state index contributed by atoms with van der Waals surface area (Å²) in [5.41, 5.74) is 17.0. The van der Waals surface area contributed by atoms with E-state index in [1.54, 1.807) is 0 Å². The number of nitrogens with zero attached hydrogens (tertiary/aromatic N) is 3. The van der Waals surface area contributed by atoms with Crippen LogP contribution in [0.3, 0.4) is 0 Å². The molecule has 2 heterocycles. The Hall–Kier alpha value is -8.27. The fourth-order valence-corrected chi connectivity index (χ4v) is 8.57. The van der Waals surface area contributed by atoms with Gasteiger partial charge in [0.1, 0.15) is 0 Å². The van der Waals surface area contributed by atoms with E-state index in [4.69, 9.17) is 15.0 Å². The molecule has 9 aromatic carbocycles. The van der Waals surface area contributed by atoms with Crippen molar-refractivity contribution in [2.45, 2.75) is 0 Å². The molecule has 3 nitrogen and oxygen atoms in total. The molecule has 0 aliphatic heterocycles. The quantitative estimate of drug-likeness (QED) is 0.144. The summed E-state index contributed by atoms with van der Waals surface area (Å²) in [4.78, 5) is 15.8. The maximum atomic E-state index is 5.26. The highest BCUT2D eigenvalue weighted by atomic mass is 14.9. The number of pyridine rings is 1. The van der Waals surface area contributed by atoms with Gasteiger partial charge in [-0.05, 0) is 79.5 Å². The van der Waals surface area contributed by atoms with E-state index in [9.17, 15) is 0 Å². The first-order valence-corrected chi connectivity index (χ1v) is 21.0. The van der Waals surface area contributed by atoms with Crippen LogP contribution in [0.1, 0.15) is 0 Å². The van der Waals surface area contributed by atoms with Crippen molar-refractivity contribution in [2.24, 2.45) is 0 Å². The lowest BCUT2D eigenvalue weighted by Crippen LogP contribution is -1.96. The van der Waals surface area contributed by atoms with Gasteiger partial charge in [0.2, 0.25) is 0 Å². The second-order valence-corrected chi connectivity index (χ2v) is 15.6. The third-order valence-electron chi connectivity index (χ3n) is 11.7. The number of aromatic nitrogens is 3. The molecular weight excluding hydrogens is 751 g/mol. The molecule has 0 bridgehead atoms. The van der Waals surface area contributed by atoms with E-state index in [1.165, 1.54) is 22.3 Å². The lowest BCUT2D eigenvalue weighted by molar-refractivity contribution is 1.18. The number of benzene rings is 9. The van der Waals surface area contributed by atoms with Crippen molar-refractivity contribution in [3.63, 3.8) is 0 Å². The Morgan fingerprint density at radius 1 is 0.226 bits per heavy atom. The second-order valence-electron chi connectivity index (χ2n) is 15.6. The second kappa shape index (κ2) is 16.1. The van der Waals surface area contributed by atoms with Gasteiger partial charge in [-0.1, -0.05) is 212 Å². The monoisotopic (exact) mass is 789 g/mol. The van der Waals surface area contributed by atoms with Gasteiger partial charge < -0.3 is 0 Å². The van der Waals surface area contributed by atoms with Gasteiger partial charge in [-0.15, -0.1) is 0 Å². The van der Waals surface area contributed by atoms with Gasteiger partial charge in [0.05, 0.1) is 22.6 Å². The van der Waals surface area contributed by atoms with E-state index < -0.39 is 0 Å². The highest BCUT2D eigenvalue weighted by Gasteiger charge is 2.17. The predicted octanol–water partition coefficient (Wildman–Crippen LogP) is 15.5. The van der Waals surface area contributed by atoms with Crippen LogP contribution < -0.4 is 0 Å². The predicted molar refractivity (Wildman–Crippen MR) is 258 cm³/mol. The first-order chi connectivity index (χ1) is 30.7. The van der Waals surface area contributed by atoms with Crippen molar-refractivity contribution in [1.29, 1.82) is 0 Å². The molecule has 62 heavy (non-hydrogen) atoms. The summed E-state index contributed by atoms with van der Waals surface area (Å²) >= 11 is 0. The first kappa shape index (κ1) is 36.8. The van der Waals surface area contributed by atoms with E-state index >= 15 is 0 Å². The maximum absolute atomic E-state index is 5.26. The van der Waals surface area contributed by atoms with Gasteiger partial charge in [-0.3, -0.25) is 0 Å². The Morgan fingerprint density at radius 2 is 0.661 bits per heavy atom. The van der Waals surface area contributed by atoms with E-state index in [-0.39, 0.29) is 0 Å². The molecule has 3 heteroatoms. The zero-order valence-electron chi connectivity index (χ0n) is 33.9. The van der Waals surface area contributed by atoms with Crippen LogP contribution in [0, 0.1) is 0 Å². The van der Waals surface area contributed by atoms with Crippen molar-refractivity contribution >= 4 is 21.7 Å². The smallest absolute Gasteiger partial charge is 0.160 e. The molecule has 2 aromatic heterocycles. The summed E-state index contributed by atoms with van der Waals surface area (Å²) in [5.74, 6) is 0.674. The fourth-order valence-electron chi connectivity index (χ4n) is 8.57. The molecule has 0 radical (unpaired) electrons. The van der Waals surface area contributed by atoms with Gasteiger partial charge in [-0.2, -0.15) is 0 Å². The molecule has 0 fully saturated rings. The van der Waals surface area contributed by atoms with Gasteiger partial charge in [0.15, 0.2) is 5.82 Å². The number of rotatable bonds is 8. The molecule has 290 valence electrons. The third-order valence-corrected chi connectivity index (χ3v) is 11.7. The highest BCUT2D eigenvalue weighted by molar-refractivity contribution is 6.17. The molecule has 0 saturated carbocycles. The van der Waals surface area contributed by atoms with E-state index in [0.29, 0.717) is 5.82 Å². The normalized spacial score (nSPS) is 11.2. The third kappa shape index (κ3) is 7.12. The SMILES string of the molecule is c1ccc(-c2ccc(-c3cc(-c4ccc(-c5ccccc5)cc4)nc(-c4cccc(-c5cccc6c5ccc5nc(-c7ccccc7)cc(-c7ccccc7)c56)c4)n3)cc2)cc1. The Morgan fingerprint density at radius 3 is 1.24 bits per heavy atom. The van der Waals surface area contributed by atoms with Crippen LogP contribution in [-0.4, -0.2) is 15.0 Å². The van der Waals surface area contributed by atoms with Crippen LogP contribution in [0.25, 0.3) is 111 Å². The molecule has 0 amide bonds. The lowest BCUT2D eigenvalue weighted by atomic mass is 9.91. The van der Waals surface area contributed by atoms with Crippen molar-refractivity contribution in [2.75, 3.05) is 0 Å². The van der Waals surface area contributed by atoms with Crippen LogP contribution in [-0.2, 0) is 0 Å². The topological polar surface area (TPSA) is 38.7 Å². The standard InChI is InChI=1S/C59H39N3/c1-5-15-40(16-6-1)42-27-31-46(32-28-42)56-39-57(47-33-29-43(30-34-47)41-17-7-2-8-18-41)62-59(61-56)49-24-13-23-48(37-49)50-25-14-26-52-51(50)35-36-54-58(52)53(44-19-9-3-10-20-44)38-55(60-54)45-21-11-4-12-22-45/h1-39H. The molecule has 0 N–H and O–H groups in total. The summed E-state index contributed by atoms with van der Waals surface area (Å²) in [7, 11) is 0. The van der Waals surface area contributed by atoms with Crippen LogP contribution in [0.4, 0.5) is 0 Å². The van der Waals surface area contributed by atoms with Crippen LogP contribution in [0.5, 0.6) is 0 Å². The van der Waals surface area contributed by atoms with E-state index in [0.717, 1.165) is 83.3 Å². The number of fused-ring (bicyclic) bond motifs is 3. The van der Waals surface area contributed by atoms with Crippen molar-refractivity contribution in [3.8, 4) is 89.7 Å². The number of hydrogen-bond acceptors (Lipinski definition) is 3. The molecule has 0 aliphatic rings. The fraction of sp³-hybridized carbons (Fsp3) is 0. The average molecular weight is 790 g/mol. The minimum atomic E-state index is 0.674. The van der Waals surface area contributed by atoms with Gasteiger partial charge in [-0.25, -0.2) is 15.0 Å². The Labute approximate surface area is 361 Å². The highest BCUT2D eigenvalue weighted by Crippen LogP contribution is 2.40. The number of hydrogen-bond donors (Lipinski definition) is 0. The maximum Gasteiger partial charge on any atom is 0.160 e. The van der Waals surface area contributed by atoms with Gasteiger partial charge in [0, 0.05) is 27.6 Å². The summed E-state index contributed by atoms with van der Waals surface area (Å²) in [6.45, 7) is 0. The van der Waals surface area contributed by atoms with Crippen molar-refractivity contribution < 1.29 is 0 Å². The van der Waals surface area contributed by atoms with E-state index in [2.05, 4.69) is 218 Å². The summed E-state index contributed by atoms with van der Waals surface area (Å²) in [6, 6.07) is 83.4. The lowest BCUT2D eigenvalue weighted by Gasteiger charge is -2.15. The van der Waals surface area contributed by atoms with Crippen LogP contribution in [0.2, 0.25) is 0 Å². The molecule has 0 unspecified atom stereocenters. The zero-order chi connectivity index (χ0) is 41.2. The molecule has 0 spiro atoms. The Balaban J connectivity index is 1.03. The van der Waals surface area contributed by atoms with Crippen molar-refractivity contribution in [1.82, 2.24) is 15.0 Å². The summed E-state index contributed by atoms with van der Waals surface area (Å²) in [6.07, 6.45) is 0. The molecule has 11 aromatic rings. The van der Waals surface area contributed by atoms with Gasteiger partial charge in [0.25, 0.3) is 0 Å². The van der Waals surface area contributed by atoms with Crippen LogP contribution in [0.15, 0.2) is 237 Å². The Bertz CT molecular complexity index is 3250.